The molecule has 0 aliphatic heterocycles. The Labute approximate surface area is 151 Å². The monoisotopic (exact) mass is 336 g/mol. The van der Waals surface area contributed by atoms with Crippen molar-refractivity contribution in [1.29, 1.82) is 0 Å². The standard InChI is InChI=1S/C22H29N3/c1-2-3-4-5-6-12-17-24-20-15-10-11-16-21(20)25(22(24)23)18-19-13-8-7-9-14-19/h7-11,13-16,23H,2-6,12,17-18H2,1H3/p+1. The average molecular weight is 337 g/mol. The van der Waals surface area contributed by atoms with Crippen molar-refractivity contribution in [1.82, 2.24) is 4.57 Å². The fraction of sp³-hybridized carbons (Fsp3) is 0.409. The summed E-state index contributed by atoms with van der Waals surface area (Å²) in [6.07, 6.45) is 7.81. The van der Waals surface area contributed by atoms with Gasteiger partial charge in [0.25, 0.3) is 0 Å². The molecule has 0 fully saturated rings. The lowest BCUT2D eigenvalue weighted by atomic mass is 10.1. The molecule has 0 saturated carbocycles. The summed E-state index contributed by atoms with van der Waals surface area (Å²) >= 11 is 0. The first-order valence-corrected chi connectivity index (χ1v) is 9.61. The Hall–Kier alpha value is -2.29. The van der Waals surface area contributed by atoms with Gasteiger partial charge in [-0.1, -0.05) is 81.5 Å². The molecule has 2 N–H and O–H groups in total. The number of unbranched alkanes of at least 4 members (excludes halogenated alkanes) is 5. The fourth-order valence-electron chi connectivity index (χ4n) is 3.53. The molecule has 0 radical (unpaired) electrons. The minimum absolute atomic E-state index is 0.816. The van der Waals surface area contributed by atoms with Crippen LogP contribution in [-0.2, 0) is 13.1 Å². The predicted molar refractivity (Wildman–Crippen MR) is 105 cm³/mol. The van der Waals surface area contributed by atoms with Gasteiger partial charge in [0, 0.05) is 0 Å². The zero-order chi connectivity index (χ0) is 17.5. The van der Waals surface area contributed by atoms with Gasteiger partial charge in [-0.25, -0.2) is 9.13 Å². The van der Waals surface area contributed by atoms with Gasteiger partial charge >= 0.3 is 5.95 Å². The molecule has 3 aromatic rings. The van der Waals surface area contributed by atoms with E-state index in [1.807, 2.05) is 0 Å². The lowest BCUT2D eigenvalue weighted by molar-refractivity contribution is -0.648. The number of hydrogen-bond acceptors (Lipinski definition) is 1. The van der Waals surface area contributed by atoms with Gasteiger partial charge in [0.2, 0.25) is 0 Å². The highest BCUT2D eigenvalue weighted by Crippen LogP contribution is 2.18. The van der Waals surface area contributed by atoms with Crippen LogP contribution in [0, 0.1) is 0 Å². The van der Waals surface area contributed by atoms with Gasteiger partial charge in [-0.2, -0.15) is 0 Å². The topological polar surface area (TPSA) is 34.8 Å². The molecule has 0 unspecified atom stereocenters. The van der Waals surface area contributed by atoms with Crippen molar-refractivity contribution < 1.29 is 4.57 Å². The second-order valence-electron chi connectivity index (χ2n) is 6.84. The summed E-state index contributed by atoms with van der Waals surface area (Å²) in [7, 11) is 0. The SMILES string of the molecule is CCCCCCCCn1c(N)[n+](Cc2ccccc2)c2ccccc21. The maximum absolute atomic E-state index is 6.55. The van der Waals surface area contributed by atoms with Crippen LogP contribution in [0.5, 0.6) is 0 Å². The molecule has 0 bridgehead atoms. The van der Waals surface area contributed by atoms with E-state index in [0.29, 0.717) is 0 Å². The number of aryl methyl sites for hydroxylation is 1. The third-order valence-electron chi connectivity index (χ3n) is 4.94. The number of nitrogens with zero attached hydrogens (tertiary/aromatic N) is 2. The van der Waals surface area contributed by atoms with Crippen molar-refractivity contribution in [3.8, 4) is 0 Å². The van der Waals surface area contributed by atoms with E-state index in [4.69, 9.17) is 5.73 Å². The van der Waals surface area contributed by atoms with E-state index in [9.17, 15) is 0 Å². The van der Waals surface area contributed by atoms with Gasteiger partial charge in [-0.05, 0) is 24.1 Å². The Morgan fingerprint density at radius 1 is 0.840 bits per heavy atom. The van der Waals surface area contributed by atoms with E-state index in [2.05, 4.69) is 70.7 Å². The Morgan fingerprint density at radius 2 is 1.52 bits per heavy atom. The average Bonchev–Trinajstić information content (AvgIpc) is 2.91. The van der Waals surface area contributed by atoms with E-state index in [1.165, 1.54) is 55.1 Å². The number of nitrogens with two attached hydrogens (primary N) is 1. The van der Waals surface area contributed by atoms with Gasteiger partial charge in [0.1, 0.15) is 11.0 Å². The minimum Gasteiger partial charge on any atom is -0.290 e. The highest BCUT2D eigenvalue weighted by atomic mass is 15.2. The normalized spacial score (nSPS) is 11.2. The summed E-state index contributed by atoms with van der Waals surface area (Å²) < 4.78 is 4.53. The molecule has 2 aromatic carbocycles. The van der Waals surface area contributed by atoms with Crippen LogP contribution in [-0.4, -0.2) is 4.57 Å². The second-order valence-corrected chi connectivity index (χ2v) is 6.84. The Bertz CT molecular complexity index is 790. The lowest BCUT2D eigenvalue weighted by Gasteiger charge is -2.03. The number of rotatable bonds is 9. The van der Waals surface area contributed by atoms with E-state index < -0.39 is 0 Å². The van der Waals surface area contributed by atoms with E-state index in [-0.39, 0.29) is 0 Å². The summed E-state index contributed by atoms with van der Waals surface area (Å²) in [5, 5.41) is 0. The van der Waals surface area contributed by atoms with E-state index >= 15 is 0 Å². The minimum atomic E-state index is 0.816. The van der Waals surface area contributed by atoms with Crippen LogP contribution in [0.1, 0.15) is 51.0 Å². The number of fused-ring (bicyclic) bond motifs is 1. The Balaban J connectivity index is 1.78. The fourth-order valence-corrected chi connectivity index (χ4v) is 3.53. The second kappa shape index (κ2) is 8.70. The van der Waals surface area contributed by atoms with Crippen molar-refractivity contribution in [3.05, 3.63) is 60.2 Å². The summed E-state index contributed by atoms with van der Waals surface area (Å²) in [5.74, 6) is 0.860. The van der Waals surface area contributed by atoms with Crippen LogP contribution in [0.4, 0.5) is 5.95 Å². The summed E-state index contributed by atoms with van der Waals surface area (Å²) in [5.41, 5.74) is 10.3. The molecule has 1 aromatic heterocycles. The van der Waals surface area contributed by atoms with E-state index in [1.54, 1.807) is 0 Å². The number of para-hydroxylation sites is 2. The van der Waals surface area contributed by atoms with Gasteiger partial charge in [0.15, 0.2) is 0 Å². The van der Waals surface area contributed by atoms with Gasteiger partial charge in [-0.3, -0.25) is 5.73 Å². The van der Waals surface area contributed by atoms with Crippen molar-refractivity contribution in [2.75, 3.05) is 5.73 Å². The highest BCUT2D eigenvalue weighted by molar-refractivity contribution is 5.73. The van der Waals surface area contributed by atoms with Crippen molar-refractivity contribution >= 4 is 17.0 Å². The third kappa shape index (κ3) is 4.22. The molecule has 0 saturated heterocycles. The van der Waals surface area contributed by atoms with Crippen LogP contribution in [0.15, 0.2) is 54.6 Å². The quantitative estimate of drug-likeness (QED) is 0.437. The van der Waals surface area contributed by atoms with Crippen LogP contribution in [0.3, 0.4) is 0 Å². The Kier molecular flexibility index (Phi) is 6.10. The van der Waals surface area contributed by atoms with Gasteiger partial charge < -0.3 is 0 Å². The van der Waals surface area contributed by atoms with Gasteiger partial charge in [0.05, 0.1) is 13.1 Å². The first kappa shape index (κ1) is 17.5. The van der Waals surface area contributed by atoms with Gasteiger partial charge in [-0.15, -0.1) is 0 Å². The van der Waals surface area contributed by atoms with Crippen molar-refractivity contribution in [3.63, 3.8) is 0 Å². The van der Waals surface area contributed by atoms with Crippen LogP contribution in [0.2, 0.25) is 0 Å². The zero-order valence-electron chi connectivity index (χ0n) is 15.3. The predicted octanol–water partition coefficient (Wildman–Crippen LogP) is 4.92. The number of hydrogen-bond donors (Lipinski definition) is 1. The molecule has 3 heteroatoms. The van der Waals surface area contributed by atoms with Crippen LogP contribution < -0.4 is 10.3 Å². The van der Waals surface area contributed by atoms with Crippen molar-refractivity contribution in [2.24, 2.45) is 0 Å². The largest absolute Gasteiger partial charge is 0.356 e. The molecule has 132 valence electrons. The zero-order valence-corrected chi connectivity index (χ0v) is 15.3. The van der Waals surface area contributed by atoms with Crippen LogP contribution in [0.25, 0.3) is 11.0 Å². The molecule has 0 aliphatic rings. The number of aromatic nitrogens is 2. The summed E-state index contributed by atoms with van der Waals surface area (Å²) in [6.45, 7) is 4.08. The Morgan fingerprint density at radius 3 is 2.32 bits per heavy atom. The maximum atomic E-state index is 6.55. The first-order chi connectivity index (χ1) is 12.3. The maximum Gasteiger partial charge on any atom is 0.356 e. The number of imidazole rings is 1. The molecule has 25 heavy (non-hydrogen) atoms. The molecule has 3 nitrogen and oxygen atoms in total. The molecular weight excluding hydrogens is 306 g/mol. The molecule has 0 atom stereocenters. The molecule has 0 spiro atoms. The molecule has 3 rings (SSSR count). The third-order valence-corrected chi connectivity index (χ3v) is 4.94. The van der Waals surface area contributed by atoms with Crippen LogP contribution >= 0.6 is 0 Å². The first-order valence-electron chi connectivity index (χ1n) is 9.61. The molecular formula is C22H30N3+. The number of nitrogen functional groups attached to an aromatic ring is 1. The molecule has 0 amide bonds. The van der Waals surface area contributed by atoms with E-state index in [0.717, 1.165) is 19.0 Å². The highest BCUT2D eigenvalue weighted by Gasteiger charge is 2.20. The lowest BCUT2D eigenvalue weighted by Crippen LogP contribution is -2.37. The van der Waals surface area contributed by atoms with Crippen molar-refractivity contribution in [2.45, 2.75) is 58.5 Å². The molecule has 1 heterocycles. The number of benzene rings is 2. The summed E-state index contributed by atoms with van der Waals surface area (Å²) in [4.78, 5) is 0. The summed E-state index contributed by atoms with van der Waals surface area (Å²) in [6, 6.07) is 19.1. The smallest absolute Gasteiger partial charge is 0.290 e. The molecule has 0 aliphatic carbocycles. The number of anilines is 1.